The maximum atomic E-state index is 13.7. The average Bonchev–Trinajstić information content (AvgIpc) is 3.24. The summed E-state index contributed by atoms with van der Waals surface area (Å²) in [5, 5.41) is 6.78. The van der Waals surface area contributed by atoms with Crippen LogP contribution in [0.5, 0.6) is 0 Å². The maximum Gasteiger partial charge on any atom is 0.248 e. The Morgan fingerprint density at radius 1 is 1.08 bits per heavy atom. The third-order valence-electron chi connectivity index (χ3n) is 6.86. The molecule has 2 heterocycles. The van der Waals surface area contributed by atoms with Gasteiger partial charge in [0.15, 0.2) is 16.4 Å². The third-order valence-corrected chi connectivity index (χ3v) is 8.89. The fraction of sp³-hybridized carbons (Fsp3) is 0.345. The first-order valence-corrected chi connectivity index (χ1v) is 14.1. The first-order valence-electron chi connectivity index (χ1n) is 12.6. The summed E-state index contributed by atoms with van der Waals surface area (Å²) in [5.74, 6) is -0.748. The molecule has 1 N–H and O–H groups in total. The van der Waals surface area contributed by atoms with Gasteiger partial charge in [0.05, 0.1) is 5.92 Å². The largest absolute Gasteiger partial charge is 0.355 e. The molecule has 1 aromatic heterocycles. The van der Waals surface area contributed by atoms with Crippen molar-refractivity contribution in [2.45, 2.75) is 52.4 Å². The van der Waals surface area contributed by atoms with Crippen LogP contribution in [-0.2, 0) is 14.8 Å². The van der Waals surface area contributed by atoms with E-state index in [1.165, 1.54) is 11.2 Å². The molecule has 0 radical (unpaired) electrons. The minimum Gasteiger partial charge on any atom is -0.355 e. The average molecular weight is 536 g/mol. The van der Waals surface area contributed by atoms with Gasteiger partial charge in [-0.1, -0.05) is 41.1 Å². The van der Waals surface area contributed by atoms with Crippen molar-refractivity contribution in [3.8, 4) is 0 Å². The van der Waals surface area contributed by atoms with Gasteiger partial charge in [0.25, 0.3) is 0 Å². The lowest BCUT2D eigenvalue weighted by molar-refractivity contribution is -0.120. The number of nitrogens with one attached hydrogen (secondary N) is 1. The molecular weight excluding hydrogens is 502 g/mol. The number of sulfonamides is 1. The number of hydrogen-bond acceptors (Lipinski definition) is 6. The van der Waals surface area contributed by atoms with E-state index in [2.05, 4.69) is 22.6 Å². The van der Waals surface area contributed by atoms with Crippen LogP contribution in [0, 0.1) is 33.6 Å². The molecule has 2 aromatic carbocycles. The lowest BCUT2D eigenvalue weighted by atomic mass is 9.98. The van der Waals surface area contributed by atoms with E-state index in [4.69, 9.17) is 4.52 Å². The molecule has 1 aliphatic rings. The molecule has 0 saturated carbocycles. The lowest BCUT2D eigenvalue weighted by Crippen LogP contribution is -2.43. The minimum atomic E-state index is -3.97. The Balaban J connectivity index is 1.55. The number of benzene rings is 2. The molecule has 0 spiro atoms. The van der Waals surface area contributed by atoms with Crippen LogP contribution >= 0.6 is 0 Å². The number of piperidine rings is 1. The van der Waals surface area contributed by atoms with Crippen molar-refractivity contribution >= 4 is 39.6 Å². The predicted octanol–water partition coefficient (Wildman–Crippen LogP) is 5.32. The fourth-order valence-corrected chi connectivity index (χ4v) is 6.75. The Morgan fingerprint density at radius 3 is 2.47 bits per heavy atom. The normalized spacial score (nSPS) is 16.6. The summed E-state index contributed by atoms with van der Waals surface area (Å²) in [6.45, 7) is 9.47. The molecule has 200 valence electrons. The van der Waals surface area contributed by atoms with Crippen LogP contribution in [0.3, 0.4) is 0 Å². The number of nitrogens with zero attached hydrogens (tertiary/aromatic N) is 2. The lowest BCUT2D eigenvalue weighted by Gasteiger charge is -2.31. The SMILES string of the molecule is CC(=O)c1cccc(NC(=O)[C@H]2CCCN(S(=O)(=O)c3c(C)noc3/C=C/c3c(C)cc(C)cc3C)C2)c1. The van der Waals surface area contributed by atoms with Gasteiger partial charge in [0.2, 0.25) is 15.9 Å². The number of aromatic nitrogens is 1. The molecule has 8 nitrogen and oxygen atoms in total. The monoisotopic (exact) mass is 535 g/mol. The van der Waals surface area contributed by atoms with Crippen LogP contribution in [0.2, 0.25) is 0 Å². The van der Waals surface area contributed by atoms with Crippen molar-refractivity contribution in [1.82, 2.24) is 9.46 Å². The maximum absolute atomic E-state index is 13.7. The van der Waals surface area contributed by atoms with Gasteiger partial charge in [0, 0.05) is 24.3 Å². The van der Waals surface area contributed by atoms with E-state index in [1.54, 1.807) is 37.3 Å². The summed E-state index contributed by atoms with van der Waals surface area (Å²) in [7, 11) is -3.97. The highest BCUT2D eigenvalue weighted by atomic mass is 32.2. The number of carbonyl (C=O) groups is 2. The molecule has 4 rings (SSSR count). The standard InChI is InChI=1S/C29H33N3O5S/c1-18-14-19(2)26(20(3)15-18)11-12-27-28(21(4)31-37-27)38(35,36)32-13-7-9-24(17-32)29(34)30-25-10-6-8-23(16-25)22(5)33/h6,8,10-12,14-16,24H,7,9,13,17H2,1-5H3,(H,30,34)/b12-11+/t24-/m0/s1. The zero-order valence-corrected chi connectivity index (χ0v) is 23.2. The number of anilines is 1. The van der Waals surface area contributed by atoms with E-state index in [0.29, 0.717) is 30.6 Å². The molecule has 1 amide bonds. The number of rotatable bonds is 7. The van der Waals surface area contributed by atoms with E-state index in [-0.39, 0.29) is 34.6 Å². The summed E-state index contributed by atoms with van der Waals surface area (Å²) >= 11 is 0. The van der Waals surface area contributed by atoms with Gasteiger partial charge < -0.3 is 9.84 Å². The minimum absolute atomic E-state index is 0.0198. The number of Topliss-reactive ketones (excluding diaryl/α,β-unsaturated/α-hetero) is 1. The van der Waals surface area contributed by atoms with Crippen molar-refractivity contribution in [2.75, 3.05) is 18.4 Å². The molecule has 1 aliphatic heterocycles. The highest BCUT2D eigenvalue weighted by Gasteiger charge is 2.37. The number of hydrogen-bond donors (Lipinski definition) is 1. The van der Waals surface area contributed by atoms with Gasteiger partial charge in [0.1, 0.15) is 5.69 Å². The molecule has 1 atom stereocenters. The van der Waals surface area contributed by atoms with Crippen LogP contribution in [0.4, 0.5) is 5.69 Å². The second kappa shape index (κ2) is 11.0. The summed E-state index contributed by atoms with van der Waals surface area (Å²) < 4.78 is 34.3. The highest BCUT2D eigenvalue weighted by Crippen LogP contribution is 2.30. The van der Waals surface area contributed by atoms with Gasteiger partial charge in [-0.3, -0.25) is 9.59 Å². The van der Waals surface area contributed by atoms with E-state index in [1.807, 2.05) is 26.8 Å². The molecule has 0 bridgehead atoms. The Bertz CT molecular complexity index is 1500. The van der Waals surface area contributed by atoms with Crippen molar-refractivity contribution in [2.24, 2.45) is 5.92 Å². The Morgan fingerprint density at radius 2 is 1.79 bits per heavy atom. The molecular formula is C29H33N3O5S. The van der Waals surface area contributed by atoms with Crippen LogP contribution in [0.25, 0.3) is 12.2 Å². The van der Waals surface area contributed by atoms with Gasteiger partial charge in [-0.25, -0.2) is 8.42 Å². The fourth-order valence-electron chi connectivity index (χ4n) is 4.98. The Kier molecular flexibility index (Phi) is 7.99. The molecule has 9 heteroatoms. The van der Waals surface area contributed by atoms with E-state index in [9.17, 15) is 18.0 Å². The Labute approximate surface area is 223 Å². The third kappa shape index (κ3) is 5.79. The molecule has 1 saturated heterocycles. The van der Waals surface area contributed by atoms with Crippen LogP contribution < -0.4 is 5.32 Å². The van der Waals surface area contributed by atoms with E-state index < -0.39 is 15.9 Å². The molecule has 1 fully saturated rings. The predicted molar refractivity (Wildman–Crippen MR) is 147 cm³/mol. The van der Waals surface area contributed by atoms with Crippen molar-refractivity contribution < 1.29 is 22.5 Å². The zero-order chi connectivity index (χ0) is 27.6. The first-order chi connectivity index (χ1) is 18.0. The molecule has 0 aliphatic carbocycles. The number of ketones is 1. The number of aryl methyl sites for hydroxylation is 4. The van der Waals surface area contributed by atoms with Crippen molar-refractivity contribution in [3.63, 3.8) is 0 Å². The van der Waals surface area contributed by atoms with Crippen LogP contribution in [0.15, 0.2) is 45.8 Å². The highest BCUT2D eigenvalue weighted by molar-refractivity contribution is 7.89. The number of amides is 1. The first kappa shape index (κ1) is 27.5. The summed E-state index contributed by atoms with van der Waals surface area (Å²) in [6, 6.07) is 10.9. The second-order valence-corrected chi connectivity index (χ2v) is 11.8. The van der Waals surface area contributed by atoms with Gasteiger partial charge in [-0.2, -0.15) is 4.31 Å². The molecule has 3 aromatic rings. The summed E-state index contributed by atoms with van der Waals surface area (Å²) in [5.41, 5.74) is 5.59. The molecule has 38 heavy (non-hydrogen) atoms. The van der Waals surface area contributed by atoms with Crippen molar-refractivity contribution in [1.29, 1.82) is 0 Å². The van der Waals surface area contributed by atoms with Crippen LogP contribution in [-0.4, -0.2) is 42.7 Å². The molecule has 0 unspecified atom stereocenters. The Hall–Kier alpha value is -3.56. The zero-order valence-electron chi connectivity index (χ0n) is 22.4. The summed E-state index contributed by atoms with van der Waals surface area (Å²) in [4.78, 5) is 24.7. The summed E-state index contributed by atoms with van der Waals surface area (Å²) in [6.07, 6.45) is 4.60. The van der Waals surface area contributed by atoms with E-state index >= 15 is 0 Å². The topological polar surface area (TPSA) is 110 Å². The van der Waals surface area contributed by atoms with Crippen molar-refractivity contribution in [3.05, 3.63) is 75.7 Å². The van der Waals surface area contributed by atoms with Crippen LogP contribution in [0.1, 0.15) is 63.8 Å². The van der Waals surface area contributed by atoms with Gasteiger partial charge in [-0.05, 0) is 82.4 Å². The smallest absolute Gasteiger partial charge is 0.248 e. The van der Waals surface area contributed by atoms with Gasteiger partial charge in [-0.15, -0.1) is 0 Å². The van der Waals surface area contributed by atoms with E-state index in [0.717, 1.165) is 22.3 Å². The van der Waals surface area contributed by atoms with Gasteiger partial charge >= 0.3 is 0 Å². The second-order valence-electron chi connectivity index (χ2n) is 9.94. The quantitative estimate of drug-likeness (QED) is 0.410. The number of carbonyl (C=O) groups excluding carboxylic acids is 2.